The first-order valence-electron chi connectivity index (χ1n) is 20.8. The Morgan fingerprint density at radius 1 is 0.328 bits per heavy atom. The van der Waals surface area contributed by atoms with E-state index in [-0.39, 0.29) is 0 Å². The normalized spacial score (nSPS) is 11.6. The topological polar surface area (TPSA) is 21.3 Å². The quantitative estimate of drug-likeness (QED) is 0.161. The molecule has 0 atom stereocenters. The molecule has 0 N–H and O–H groups in total. The average molecular weight is 779 g/mol. The van der Waals surface area contributed by atoms with Gasteiger partial charge in [-0.2, -0.15) is 0 Å². The zero-order valence-electron chi connectivity index (χ0n) is 33.2. The highest BCUT2D eigenvalue weighted by Gasteiger charge is 2.21. The zero-order chi connectivity index (χ0) is 40.3. The molecule has 0 radical (unpaired) electrons. The van der Waals surface area contributed by atoms with Crippen LogP contribution in [0.25, 0.3) is 93.6 Å². The van der Waals surface area contributed by atoms with Crippen LogP contribution in [0.15, 0.2) is 235 Å². The third kappa shape index (κ3) is 5.82. The lowest BCUT2D eigenvalue weighted by atomic mass is 9.95. The molecule has 0 fully saturated rings. The molecular weight excluding hydrogens is 741 g/mol. The van der Waals surface area contributed by atoms with Crippen LogP contribution in [-0.2, 0) is 0 Å². The number of hydrogen-bond acceptors (Lipinski definition) is 2. The van der Waals surface area contributed by atoms with E-state index < -0.39 is 0 Å². The standard InChI is InChI=1S/C58H38N2O/c1-2-19-45-40(15-1)16-14-25-47(45)48-21-4-9-27-54(48)59(44-35-36-52-51-24-7-12-30-57(51)61-58(52)38-44)43-33-31-39(32-34-43)41-17-13-18-42(37-41)46-20-3-8-26-53(46)60-55-28-10-5-22-49(55)50-23-6-11-29-56(50)60/h1-38H. The second-order valence-corrected chi connectivity index (χ2v) is 15.7. The second kappa shape index (κ2) is 14.3. The van der Waals surface area contributed by atoms with Gasteiger partial charge in [0.15, 0.2) is 0 Å². The van der Waals surface area contributed by atoms with Crippen molar-refractivity contribution >= 4 is 71.6 Å². The Kier molecular flexibility index (Phi) is 8.17. The fraction of sp³-hybridized carbons (Fsp3) is 0. The smallest absolute Gasteiger partial charge is 0.137 e. The predicted molar refractivity (Wildman–Crippen MR) is 257 cm³/mol. The highest BCUT2D eigenvalue weighted by molar-refractivity contribution is 6.10. The van der Waals surface area contributed by atoms with Crippen LogP contribution in [0.1, 0.15) is 0 Å². The summed E-state index contributed by atoms with van der Waals surface area (Å²) >= 11 is 0. The van der Waals surface area contributed by atoms with Gasteiger partial charge >= 0.3 is 0 Å². The van der Waals surface area contributed by atoms with Gasteiger partial charge in [-0.15, -0.1) is 0 Å². The van der Waals surface area contributed by atoms with Gasteiger partial charge < -0.3 is 13.9 Å². The lowest BCUT2D eigenvalue weighted by molar-refractivity contribution is 0.669. The molecular formula is C58H38N2O. The van der Waals surface area contributed by atoms with Crippen molar-refractivity contribution in [1.82, 2.24) is 4.57 Å². The number of hydrogen-bond donors (Lipinski definition) is 0. The molecule has 61 heavy (non-hydrogen) atoms. The Morgan fingerprint density at radius 3 is 1.72 bits per heavy atom. The van der Waals surface area contributed by atoms with E-state index in [1.54, 1.807) is 0 Å². The molecule has 0 aliphatic heterocycles. The number of para-hydroxylation sites is 5. The molecule has 3 nitrogen and oxygen atoms in total. The number of fused-ring (bicyclic) bond motifs is 7. The monoisotopic (exact) mass is 778 g/mol. The van der Waals surface area contributed by atoms with E-state index in [1.807, 2.05) is 12.1 Å². The van der Waals surface area contributed by atoms with Crippen LogP contribution in [0.4, 0.5) is 17.1 Å². The number of anilines is 3. The largest absolute Gasteiger partial charge is 0.456 e. The lowest BCUT2D eigenvalue weighted by Crippen LogP contribution is -2.11. The molecule has 0 spiro atoms. The van der Waals surface area contributed by atoms with Crippen molar-refractivity contribution in [3.63, 3.8) is 0 Å². The number of nitrogens with zero attached hydrogens (tertiary/aromatic N) is 2. The molecule has 286 valence electrons. The van der Waals surface area contributed by atoms with E-state index in [1.165, 1.54) is 49.3 Å². The number of furan rings is 1. The molecule has 2 aromatic heterocycles. The molecule has 3 heteroatoms. The lowest BCUT2D eigenvalue weighted by Gasteiger charge is -2.28. The molecule has 12 aromatic rings. The van der Waals surface area contributed by atoms with Crippen molar-refractivity contribution in [1.29, 1.82) is 0 Å². The molecule has 0 amide bonds. The van der Waals surface area contributed by atoms with Crippen LogP contribution in [0.5, 0.6) is 0 Å². The Hall–Kier alpha value is -8.14. The zero-order valence-corrected chi connectivity index (χ0v) is 33.2. The molecule has 0 bridgehead atoms. The van der Waals surface area contributed by atoms with Crippen molar-refractivity contribution in [2.45, 2.75) is 0 Å². The van der Waals surface area contributed by atoms with E-state index in [2.05, 4.69) is 228 Å². The van der Waals surface area contributed by atoms with E-state index in [0.717, 1.165) is 61.4 Å². The van der Waals surface area contributed by atoms with Crippen molar-refractivity contribution in [2.75, 3.05) is 4.90 Å². The Morgan fingerprint density at radius 2 is 0.902 bits per heavy atom. The summed E-state index contributed by atoms with van der Waals surface area (Å²) in [4.78, 5) is 2.37. The van der Waals surface area contributed by atoms with Gasteiger partial charge in [0.1, 0.15) is 11.2 Å². The summed E-state index contributed by atoms with van der Waals surface area (Å²) in [6, 6.07) is 82.9. The minimum absolute atomic E-state index is 0.862. The summed E-state index contributed by atoms with van der Waals surface area (Å²) in [7, 11) is 0. The summed E-state index contributed by atoms with van der Waals surface area (Å²) in [6.45, 7) is 0. The summed E-state index contributed by atoms with van der Waals surface area (Å²) in [5.74, 6) is 0. The Balaban J connectivity index is 0.978. The highest BCUT2D eigenvalue weighted by Crippen LogP contribution is 2.45. The third-order valence-electron chi connectivity index (χ3n) is 12.2. The summed E-state index contributed by atoms with van der Waals surface area (Å²) < 4.78 is 8.87. The first-order chi connectivity index (χ1) is 30.3. The van der Waals surface area contributed by atoms with Gasteiger partial charge in [-0.1, -0.05) is 164 Å². The van der Waals surface area contributed by atoms with Crippen molar-refractivity contribution in [3.8, 4) is 39.1 Å². The fourth-order valence-electron chi connectivity index (χ4n) is 9.40. The van der Waals surface area contributed by atoms with E-state index in [4.69, 9.17) is 4.42 Å². The molecule has 10 aromatic carbocycles. The molecule has 2 heterocycles. The van der Waals surface area contributed by atoms with Crippen LogP contribution in [0.3, 0.4) is 0 Å². The summed E-state index contributed by atoms with van der Waals surface area (Å²) in [5, 5.41) is 7.18. The summed E-state index contributed by atoms with van der Waals surface area (Å²) in [5.41, 5.74) is 15.5. The SMILES string of the molecule is c1cc(-c2ccc(N(c3ccc4c(c3)oc3ccccc34)c3ccccc3-c3cccc4ccccc34)cc2)cc(-c2ccccc2-n2c3ccccc3c3ccccc32)c1. The summed E-state index contributed by atoms with van der Waals surface area (Å²) in [6.07, 6.45) is 0. The van der Waals surface area contributed by atoms with Gasteiger partial charge in [0.05, 0.1) is 22.4 Å². The molecule has 0 saturated carbocycles. The predicted octanol–water partition coefficient (Wildman–Crippen LogP) is 16.3. The van der Waals surface area contributed by atoms with Gasteiger partial charge in [-0.25, -0.2) is 0 Å². The van der Waals surface area contributed by atoms with Crippen molar-refractivity contribution in [2.24, 2.45) is 0 Å². The van der Waals surface area contributed by atoms with Gasteiger partial charge in [0.2, 0.25) is 0 Å². The maximum Gasteiger partial charge on any atom is 0.137 e. The van der Waals surface area contributed by atoms with Gasteiger partial charge in [-0.05, 0) is 93.7 Å². The first-order valence-corrected chi connectivity index (χ1v) is 20.8. The maximum absolute atomic E-state index is 6.46. The molecule has 0 aliphatic carbocycles. The average Bonchev–Trinajstić information content (AvgIpc) is 3.87. The third-order valence-corrected chi connectivity index (χ3v) is 12.2. The van der Waals surface area contributed by atoms with E-state index in [0.29, 0.717) is 0 Å². The van der Waals surface area contributed by atoms with E-state index in [9.17, 15) is 0 Å². The minimum Gasteiger partial charge on any atom is -0.456 e. The van der Waals surface area contributed by atoms with Crippen LogP contribution < -0.4 is 4.90 Å². The number of aromatic nitrogens is 1. The van der Waals surface area contributed by atoms with Gasteiger partial charge in [0.25, 0.3) is 0 Å². The molecule has 0 unspecified atom stereocenters. The van der Waals surface area contributed by atoms with Crippen LogP contribution in [0, 0.1) is 0 Å². The van der Waals surface area contributed by atoms with E-state index >= 15 is 0 Å². The first kappa shape index (κ1) is 34.9. The highest BCUT2D eigenvalue weighted by atomic mass is 16.3. The maximum atomic E-state index is 6.46. The molecule has 0 aliphatic rings. The van der Waals surface area contributed by atoms with Crippen LogP contribution >= 0.6 is 0 Å². The van der Waals surface area contributed by atoms with Crippen molar-refractivity contribution in [3.05, 3.63) is 231 Å². The van der Waals surface area contributed by atoms with Crippen LogP contribution in [-0.4, -0.2) is 4.57 Å². The minimum atomic E-state index is 0.862. The molecule has 0 saturated heterocycles. The number of rotatable bonds is 7. The Labute approximate surface area is 353 Å². The Bertz CT molecular complexity index is 3550. The fourth-order valence-corrected chi connectivity index (χ4v) is 9.40. The number of benzene rings is 10. The van der Waals surface area contributed by atoms with Gasteiger partial charge in [-0.3, -0.25) is 0 Å². The molecule has 12 rings (SSSR count). The second-order valence-electron chi connectivity index (χ2n) is 15.7. The van der Waals surface area contributed by atoms with Crippen LogP contribution in [0.2, 0.25) is 0 Å². The van der Waals surface area contributed by atoms with Gasteiger partial charge in [0, 0.05) is 50.1 Å². The van der Waals surface area contributed by atoms with Crippen molar-refractivity contribution < 1.29 is 4.42 Å².